The van der Waals surface area contributed by atoms with Crippen molar-refractivity contribution in [3.05, 3.63) is 35.6 Å². The highest BCUT2D eigenvalue weighted by molar-refractivity contribution is 6.09. The summed E-state index contributed by atoms with van der Waals surface area (Å²) in [5, 5.41) is 2.62. The van der Waals surface area contributed by atoms with Gasteiger partial charge in [-0.3, -0.25) is 19.3 Å². The standard InChI is InChI=1S/C17H17FN2O5/c1-17(11-5-6-11)15(23)20(16(24)19-17)8-14(22)25-9-13(21)10-3-2-4-12(18)7-10/h2-4,7,11H,5-6,8-9H2,1H3,(H,19,24)/t17-/m0/s1. The molecule has 0 bridgehead atoms. The Morgan fingerprint density at radius 2 is 2.08 bits per heavy atom. The number of hydrogen-bond donors (Lipinski definition) is 1. The third-order valence-corrected chi connectivity index (χ3v) is 4.49. The van der Waals surface area contributed by atoms with Crippen LogP contribution < -0.4 is 5.32 Å². The van der Waals surface area contributed by atoms with E-state index in [0.717, 1.165) is 23.8 Å². The van der Waals surface area contributed by atoms with Crippen molar-refractivity contribution < 1.29 is 28.3 Å². The van der Waals surface area contributed by atoms with Gasteiger partial charge in [0.05, 0.1) is 0 Å². The Kier molecular flexibility index (Phi) is 4.28. The van der Waals surface area contributed by atoms with Crippen molar-refractivity contribution in [2.75, 3.05) is 13.2 Å². The van der Waals surface area contributed by atoms with Gasteiger partial charge in [0.25, 0.3) is 5.91 Å². The highest BCUT2D eigenvalue weighted by Gasteiger charge is 2.56. The van der Waals surface area contributed by atoms with Crippen molar-refractivity contribution in [3.8, 4) is 0 Å². The number of hydrogen-bond acceptors (Lipinski definition) is 5. The number of nitrogens with one attached hydrogen (secondary N) is 1. The van der Waals surface area contributed by atoms with Gasteiger partial charge in [-0.1, -0.05) is 12.1 Å². The number of carbonyl (C=O) groups excluding carboxylic acids is 4. The summed E-state index contributed by atoms with van der Waals surface area (Å²) in [6, 6.07) is 4.35. The van der Waals surface area contributed by atoms with Crippen LogP contribution in [0.15, 0.2) is 24.3 Å². The number of rotatable bonds is 6. The van der Waals surface area contributed by atoms with E-state index >= 15 is 0 Å². The van der Waals surface area contributed by atoms with Crippen LogP contribution in [0.2, 0.25) is 0 Å². The lowest BCUT2D eigenvalue weighted by Gasteiger charge is -2.20. The molecule has 1 saturated heterocycles. The molecule has 1 saturated carbocycles. The summed E-state index contributed by atoms with van der Waals surface area (Å²) in [5.41, 5.74) is -0.904. The number of urea groups is 1. The molecule has 0 aromatic heterocycles. The zero-order valence-corrected chi connectivity index (χ0v) is 13.6. The summed E-state index contributed by atoms with van der Waals surface area (Å²) in [6.45, 7) is 0.485. The van der Waals surface area contributed by atoms with E-state index in [1.165, 1.54) is 18.2 Å². The minimum Gasteiger partial charge on any atom is -0.456 e. The second-order valence-corrected chi connectivity index (χ2v) is 6.39. The zero-order valence-electron chi connectivity index (χ0n) is 13.6. The summed E-state index contributed by atoms with van der Waals surface area (Å²) < 4.78 is 17.9. The van der Waals surface area contributed by atoms with Gasteiger partial charge in [0.1, 0.15) is 17.9 Å². The van der Waals surface area contributed by atoms with Crippen molar-refractivity contribution in [3.63, 3.8) is 0 Å². The van der Waals surface area contributed by atoms with Crippen LogP contribution in [0.4, 0.5) is 9.18 Å². The van der Waals surface area contributed by atoms with E-state index in [-0.39, 0.29) is 11.5 Å². The number of benzene rings is 1. The van der Waals surface area contributed by atoms with E-state index in [1.54, 1.807) is 6.92 Å². The van der Waals surface area contributed by atoms with E-state index in [4.69, 9.17) is 4.74 Å². The molecular weight excluding hydrogens is 331 g/mol. The first-order chi connectivity index (χ1) is 11.8. The quantitative estimate of drug-likeness (QED) is 0.475. The van der Waals surface area contributed by atoms with Gasteiger partial charge in [-0.2, -0.15) is 0 Å². The summed E-state index contributed by atoms with van der Waals surface area (Å²) in [7, 11) is 0. The maximum Gasteiger partial charge on any atom is 0.326 e. The van der Waals surface area contributed by atoms with E-state index < -0.39 is 48.2 Å². The highest BCUT2D eigenvalue weighted by Crippen LogP contribution is 2.42. The van der Waals surface area contributed by atoms with Crippen molar-refractivity contribution in [2.45, 2.75) is 25.3 Å². The van der Waals surface area contributed by atoms with Gasteiger partial charge in [0.2, 0.25) is 0 Å². The van der Waals surface area contributed by atoms with Gasteiger partial charge in [-0.15, -0.1) is 0 Å². The molecule has 0 radical (unpaired) electrons. The van der Waals surface area contributed by atoms with Crippen LogP contribution in [0.1, 0.15) is 30.1 Å². The molecule has 2 fully saturated rings. The van der Waals surface area contributed by atoms with Crippen LogP contribution in [0.5, 0.6) is 0 Å². The first-order valence-electron chi connectivity index (χ1n) is 7.90. The fraction of sp³-hybridized carbons (Fsp3) is 0.412. The number of esters is 1. The molecule has 1 aliphatic heterocycles. The molecule has 0 spiro atoms. The normalized spacial score (nSPS) is 22.7. The Hall–Kier alpha value is -2.77. The average molecular weight is 348 g/mol. The first kappa shape index (κ1) is 17.1. The first-order valence-corrected chi connectivity index (χ1v) is 7.90. The molecule has 132 valence electrons. The van der Waals surface area contributed by atoms with Gasteiger partial charge in [0.15, 0.2) is 12.4 Å². The van der Waals surface area contributed by atoms with Gasteiger partial charge < -0.3 is 10.1 Å². The van der Waals surface area contributed by atoms with E-state index in [0.29, 0.717) is 0 Å². The SMILES string of the molecule is C[C@@]1(C2CC2)NC(=O)N(CC(=O)OCC(=O)c2cccc(F)c2)C1=O. The number of Topliss-reactive ketones (excluding diaryl/α,β-unsaturated/α-hetero) is 1. The molecule has 1 aromatic rings. The molecule has 1 aromatic carbocycles. The van der Waals surface area contributed by atoms with E-state index in [9.17, 15) is 23.6 Å². The van der Waals surface area contributed by atoms with Crippen LogP contribution in [-0.2, 0) is 14.3 Å². The summed E-state index contributed by atoms with van der Waals surface area (Å²) in [6.07, 6.45) is 1.70. The largest absolute Gasteiger partial charge is 0.456 e. The molecule has 0 unspecified atom stereocenters. The summed E-state index contributed by atoms with van der Waals surface area (Å²) in [5.74, 6) is -2.41. The second-order valence-electron chi connectivity index (χ2n) is 6.39. The monoisotopic (exact) mass is 348 g/mol. The third kappa shape index (κ3) is 3.38. The second kappa shape index (κ2) is 6.27. The molecule has 3 amide bonds. The van der Waals surface area contributed by atoms with E-state index in [1.807, 2.05) is 0 Å². The molecule has 3 rings (SSSR count). The molecule has 1 aliphatic carbocycles. The zero-order chi connectivity index (χ0) is 18.2. The fourth-order valence-electron chi connectivity index (χ4n) is 2.86. The van der Waals surface area contributed by atoms with Crippen LogP contribution in [0, 0.1) is 11.7 Å². The lowest BCUT2D eigenvalue weighted by Crippen LogP contribution is -2.46. The summed E-state index contributed by atoms with van der Waals surface area (Å²) in [4.78, 5) is 48.9. The van der Waals surface area contributed by atoms with Crippen molar-refractivity contribution in [1.29, 1.82) is 0 Å². The van der Waals surface area contributed by atoms with Crippen LogP contribution in [-0.4, -0.2) is 47.3 Å². The number of amides is 3. The maximum atomic E-state index is 13.1. The number of ketones is 1. The van der Waals surface area contributed by atoms with Crippen LogP contribution in [0.3, 0.4) is 0 Å². The van der Waals surface area contributed by atoms with Crippen LogP contribution >= 0.6 is 0 Å². The third-order valence-electron chi connectivity index (χ3n) is 4.49. The lowest BCUT2D eigenvalue weighted by atomic mass is 9.96. The highest BCUT2D eigenvalue weighted by atomic mass is 19.1. The molecule has 7 nitrogen and oxygen atoms in total. The molecule has 2 aliphatic rings. The molecule has 1 heterocycles. The number of imide groups is 1. The molecule has 8 heteroatoms. The predicted octanol–water partition coefficient (Wildman–Crippen LogP) is 1.27. The van der Waals surface area contributed by atoms with Gasteiger partial charge in [-0.25, -0.2) is 9.18 Å². The maximum absolute atomic E-state index is 13.1. The smallest absolute Gasteiger partial charge is 0.326 e. The number of halogens is 1. The van der Waals surface area contributed by atoms with Gasteiger partial charge in [-0.05, 0) is 37.8 Å². The van der Waals surface area contributed by atoms with Gasteiger partial charge in [0, 0.05) is 5.56 Å². The Morgan fingerprint density at radius 3 is 2.72 bits per heavy atom. The van der Waals surface area contributed by atoms with Crippen molar-refractivity contribution in [2.24, 2.45) is 5.92 Å². The van der Waals surface area contributed by atoms with Crippen molar-refractivity contribution in [1.82, 2.24) is 10.2 Å². The van der Waals surface area contributed by atoms with Crippen LogP contribution in [0.25, 0.3) is 0 Å². The fourth-order valence-corrected chi connectivity index (χ4v) is 2.86. The molecule has 25 heavy (non-hydrogen) atoms. The Balaban J connectivity index is 1.55. The minimum absolute atomic E-state index is 0.0732. The topological polar surface area (TPSA) is 92.8 Å². The molecule has 1 N–H and O–H groups in total. The minimum atomic E-state index is -0.977. The molecule has 1 atom stereocenters. The Morgan fingerprint density at radius 1 is 1.36 bits per heavy atom. The van der Waals surface area contributed by atoms with Crippen molar-refractivity contribution >= 4 is 23.7 Å². The lowest BCUT2D eigenvalue weighted by molar-refractivity contribution is -0.146. The number of nitrogens with zero attached hydrogens (tertiary/aromatic N) is 1. The Bertz CT molecular complexity index is 761. The molecular formula is C17H17FN2O5. The Labute approximate surface area is 143 Å². The number of ether oxygens (including phenoxy) is 1. The summed E-state index contributed by atoms with van der Waals surface area (Å²) >= 11 is 0. The average Bonchev–Trinajstić information content (AvgIpc) is 3.39. The van der Waals surface area contributed by atoms with Gasteiger partial charge >= 0.3 is 12.0 Å². The van der Waals surface area contributed by atoms with E-state index in [2.05, 4.69) is 5.32 Å². The number of carbonyl (C=O) groups is 4. The predicted molar refractivity (Wildman–Crippen MR) is 83.1 cm³/mol.